The van der Waals surface area contributed by atoms with Crippen molar-refractivity contribution in [1.82, 2.24) is 4.31 Å². The molecule has 1 heterocycles. The second-order valence-corrected chi connectivity index (χ2v) is 6.05. The van der Waals surface area contributed by atoms with Gasteiger partial charge in [-0.05, 0) is 18.6 Å². The molecular formula is C11H14F2N2O3S. The fraction of sp³-hybridized carbons (Fsp3) is 0.455. The first-order valence-corrected chi connectivity index (χ1v) is 7.20. The highest BCUT2D eigenvalue weighted by atomic mass is 32.2. The van der Waals surface area contributed by atoms with E-state index in [4.69, 9.17) is 10.5 Å². The van der Waals surface area contributed by atoms with Gasteiger partial charge in [0.25, 0.3) is 0 Å². The number of nitrogen functional groups attached to an aromatic ring is 1. The standard InChI is InChI=1S/C11H14F2N2O3S/c12-8-2-3-9(10(13)11(8)14)19(16,17)15-4-1-6-18-7-5-15/h2-3H,1,4-7,14H2. The van der Waals surface area contributed by atoms with E-state index in [1.807, 2.05) is 0 Å². The first-order chi connectivity index (χ1) is 8.94. The quantitative estimate of drug-likeness (QED) is 0.824. The lowest BCUT2D eigenvalue weighted by Crippen LogP contribution is -2.34. The summed E-state index contributed by atoms with van der Waals surface area (Å²) in [5.41, 5.74) is 4.40. The predicted molar refractivity (Wildman–Crippen MR) is 65.0 cm³/mol. The maximum atomic E-state index is 13.8. The Hall–Kier alpha value is -1.25. The summed E-state index contributed by atoms with van der Waals surface area (Å²) in [5, 5.41) is 0. The smallest absolute Gasteiger partial charge is 0.246 e. The van der Waals surface area contributed by atoms with Gasteiger partial charge in [-0.15, -0.1) is 0 Å². The van der Waals surface area contributed by atoms with Crippen molar-refractivity contribution < 1.29 is 21.9 Å². The van der Waals surface area contributed by atoms with Crippen LogP contribution in [0.1, 0.15) is 6.42 Å². The van der Waals surface area contributed by atoms with Gasteiger partial charge in [-0.3, -0.25) is 0 Å². The molecule has 1 aliphatic heterocycles. The molecule has 0 unspecified atom stereocenters. The van der Waals surface area contributed by atoms with E-state index in [1.165, 1.54) is 0 Å². The lowest BCUT2D eigenvalue weighted by molar-refractivity contribution is 0.148. The van der Waals surface area contributed by atoms with Crippen molar-refractivity contribution in [2.75, 3.05) is 32.0 Å². The topological polar surface area (TPSA) is 72.6 Å². The Kier molecular flexibility index (Phi) is 4.02. The van der Waals surface area contributed by atoms with Gasteiger partial charge in [-0.2, -0.15) is 4.31 Å². The summed E-state index contributed by atoms with van der Waals surface area (Å²) >= 11 is 0. The number of nitrogens with zero attached hydrogens (tertiary/aromatic N) is 1. The Morgan fingerprint density at radius 2 is 1.95 bits per heavy atom. The second kappa shape index (κ2) is 5.40. The van der Waals surface area contributed by atoms with Crippen molar-refractivity contribution in [3.63, 3.8) is 0 Å². The van der Waals surface area contributed by atoms with Crippen LogP contribution in [0.3, 0.4) is 0 Å². The van der Waals surface area contributed by atoms with E-state index < -0.39 is 32.2 Å². The fourth-order valence-electron chi connectivity index (χ4n) is 1.85. The van der Waals surface area contributed by atoms with Crippen LogP contribution in [0.15, 0.2) is 17.0 Å². The first kappa shape index (κ1) is 14.2. The van der Waals surface area contributed by atoms with Gasteiger partial charge >= 0.3 is 0 Å². The van der Waals surface area contributed by atoms with Gasteiger partial charge in [0.05, 0.1) is 6.61 Å². The SMILES string of the molecule is Nc1c(F)ccc(S(=O)(=O)N2CCCOCC2)c1F. The molecule has 0 aliphatic carbocycles. The van der Waals surface area contributed by atoms with Gasteiger partial charge in [0.2, 0.25) is 10.0 Å². The summed E-state index contributed by atoms with van der Waals surface area (Å²) in [6, 6.07) is 1.74. The third-order valence-electron chi connectivity index (χ3n) is 2.89. The van der Waals surface area contributed by atoms with Crippen LogP contribution in [-0.4, -0.2) is 39.0 Å². The first-order valence-electron chi connectivity index (χ1n) is 5.76. The zero-order chi connectivity index (χ0) is 14.0. The van der Waals surface area contributed by atoms with E-state index in [9.17, 15) is 17.2 Å². The number of nitrogens with two attached hydrogens (primary N) is 1. The zero-order valence-corrected chi connectivity index (χ0v) is 10.9. The second-order valence-electron chi connectivity index (χ2n) is 4.14. The van der Waals surface area contributed by atoms with Crippen LogP contribution in [0.5, 0.6) is 0 Å². The van der Waals surface area contributed by atoms with E-state index >= 15 is 0 Å². The molecule has 0 spiro atoms. The van der Waals surface area contributed by atoms with Gasteiger partial charge in [-0.25, -0.2) is 17.2 Å². The number of hydrogen-bond acceptors (Lipinski definition) is 4. The molecule has 0 amide bonds. The average molecular weight is 292 g/mol. The normalized spacial score (nSPS) is 18.2. The third-order valence-corrected chi connectivity index (χ3v) is 4.81. The molecular weight excluding hydrogens is 278 g/mol. The molecule has 5 nitrogen and oxygen atoms in total. The Labute approximate surface area is 110 Å². The van der Waals surface area contributed by atoms with Crippen LogP contribution in [0.25, 0.3) is 0 Å². The summed E-state index contributed by atoms with van der Waals surface area (Å²) in [7, 11) is -4.02. The molecule has 2 N–H and O–H groups in total. The lowest BCUT2D eigenvalue weighted by atomic mass is 10.3. The van der Waals surface area contributed by atoms with Gasteiger partial charge in [-0.1, -0.05) is 0 Å². The molecule has 0 radical (unpaired) electrons. The monoisotopic (exact) mass is 292 g/mol. The summed E-state index contributed by atoms with van der Waals surface area (Å²) < 4.78 is 57.7. The summed E-state index contributed by atoms with van der Waals surface area (Å²) in [5.74, 6) is -2.22. The van der Waals surface area contributed by atoms with Crippen molar-refractivity contribution in [1.29, 1.82) is 0 Å². The summed E-state index contributed by atoms with van der Waals surface area (Å²) in [6.07, 6.45) is 0.525. The molecule has 1 aromatic rings. The zero-order valence-electron chi connectivity index (χ0n) is 10.1. The summed E-state index contributed by atoms with van der Waals surface area (Å²) in [6.45, 7) is 1.08. The van der Waals surface area contributed by atoms with Crippen LogP contribution in [0, 0.1) is 11.6 Å². The minimum Gasteiger partial charge on any atom is -0.394 e. The fourth-order valence-corrected chi connectivity index (χ4v) is 3.39. The van der Waals surface area contributed by atoms with Crippen molar-refractivity contribution >= 4 is 15.7 Å². The largest absolute Gasteiger partial charge is 0.394 e. The molecule has 1 aliphatic rings. The van der Waals surface area contributed by atoms with Gasteiger partial charge in [0.15, 0.2) is 5.82 Å². The summed E-state index contributed by atoms with van der Waals surface area (Å²) in [4.78, 5) is -0.603. The highest BCUT2D eigenvalue weighted by Crippen LogP contribution is 2.25. The maximum absolute atomic E-state index is 13.8. The Bertz CT molecular complexity index is 570. The maximum Gasteiger partial charge on any atom is 0.246 e. The molecule has 0 atom stereocenters. The molecule has 1 aromatic carbocycles. The predicted octanol–water partition coefficient (Wildman–Crippen LogP) is 0.958. The Morgan fingerprint density at radius 1 is 1.21 bits per heavy atom. The molecule has 2 rings (SSSR count). The van der Waals surface area contributed by atoms with Crippen molar-refractivity contribution in [3.05, 3.63) is 23.8 Å². The number of hydrogen-bond donors (Lipinski definition) is 1. The molecule has 0 saturated carbocycles. The van der Waals surface area contributed by atoms with Crippen molar-refractivity contribution in [2.24, 2.45) is 0 Å². The molecule has 0 aromatic heterocycles. The number of sulfonamides is 1. The average Bonchev–Trinajstić information content (AvgIpc) is 2.65. The van der Waals surface area contributed by atoms with E-state index in [1.54, 1.807) is 0 Å². The lowest BCUT2D eigenvalue weighted by Gasteiger charge is -2.20. The van der Waals surface area contributed by atoms with Gasteiger partial charge in [0.1, 0.15) is 16.4 Å². The van der Waals surface area contributed by atoms with Crippen molar-refractivity contribution in [3.8, 4) is 0 Å². The van der Waals surface area contributed by atoms with Crippen LogP contribution in [0.4, 0.5) is 14.5 Å². The van der Waals surface area contributed by atoms with Crippen LogP contribution < -0.4 is 5.73 Å². The Morgan fingerprint density at radius 3 is 2.68 bits per heavy atom. The number of ether oxygens (including phenoxy) is 1. The highest BCUT2D eigenvalue weighted by Gasteiger charge is 2.29. The number of benzene rings is 1. The third kappa shape index (κ3) is 2.70. The van der Waals surface area contributed by atoms with Gasteiger partial charge in [0, 0.05) is 19.7 Å². The number of anilines is 1. The molecule has 106 valence electrons. The number of rotatable bonds is 2. The Balaban J connectivity index is 2.41. The molecule has 19 heavy (non-hydrogen) atoms. The molecule has 8 heteroatoms. The van der Waals surface area contributed by atoms with Crippen LogP contribution >= 0.6 is 0 Å². The van der Waals surface area contributed by atoms with Crippen molar-refractivity contribution in [2.45, 2.75) is 11.3 Å². The van der Waals surface area contributed by atoms with E-state index in [0.29, 0.717) is 13.0 Å². The molecule has 1 fully saturated rings. The van der Waals surface area contributed by atoms with Crippen LogP contribution in [-0.2, 0) is 14.8 Å². The molecule has 1 saturated heterocycles. The minimum atomic E-state index is -4.02. The van der Waals surface area contributed by atoms with Gasteiger partial charge < -0.3 is 10.5 Å². The highest BCUT2D eigenvalue weighted by molar-refractivity contribution is 7.89. The molecule has 0 bridgehead atoms. The van der Waals surface area contributed by atoms with E-state index in [2.05, 4.69) is 0 Å². The number of halogens is 2. The van der Waals surface area contributed by atoms with Crippen LogP contribution in [0.2, 0.25) is 0 Å². The van der Waals surface area contributed by atoms with E-state index in [-0.39, 0.29) is 19.7 Å². The minimum absolute atomic E-state index is 0.138. The van der Waals surface area contributed by atoms with E-state index in [0.717, 1.165) is 16.4 Å².